The minimum Gasteiger partial charge on any atom is -0.469 e. The van der Waals surface area contributed by atoms with Crippen LogP contribution in [0.3, 0.4) is 0 Å². The molecule has 0 bridgehead atoms. The molecule has 2 aliphatic rings. The molecule has 1 aromatic carbocycles. The van der Waals surface area contributed by atoms with E-state index in [9.17, 15) is 19.2 Å². The SMILES string of the molecule is COC(=O)CC(C)NC(=O)C1CCCN(C(=O)CCC2CCN(C(=O)OCc3ccccc3)CC2)C1. The maximum atomic E-state index is 12.9. The van der Waals surface area contributed by atoms with Gasteiger partial charge in [0.25, 0.3) is 0 Å². The molecule has 2 atom stereocenters. The zero-order valence-electron chi connectivity index (χ0n) is 21.4. The van der Waals surface area contributed by atoms with Crippen molar-refractivity contribution in [2.75, 3.05) is 33.3 Å². The van der Waals surface area contributed by atoms with E-state index in [1.54, 1.807) is 16.7 Å². The van der Waals surface area contributed by atoms with Gasteiger partial charge in [0.2, 0.25) is 11.8 Å². The number of amides is 3. The van der Waals surface area contributed by atoms with Gasteiger partial charge in [0, 0.05) is 38.6 Å². The lowest BCUT2D eigenvalue weighted by Gasteiger charge is -2.34. The fourth-order valence-corrected chi connectivity index (χ4v) is 4.86. The smallest absolute Gasteiger partial charge is 0.410 e. The van der Waals surface area contributed by atoms with Crippen molar-refractivity contribution in [2.45, 2.75) is 64.5 Å². The molecule has 36 heavy (non-hydrogen) atoms. The Balaban J connectivity index is 1.34. The number of ether oxygens (including phenoxy) is 2. The highest BCUT2D eigenvalue weighted by Gasteiger charge is 2.30. The van der Waals surface area contributed by atoms with Crippen molar-refractivity contribution in [2.24, 2.45) is 11.8 Å². The first kappa shape index (κ1) is 27.5. The molecule has 0 aliphatic carbocycles. The Labute approximate surface area is 213 Å². The Morgan fingerprint density at radius 2 is 1.75 bits per heavy atom. The van der Waals surface area contributed by atoms with E-state index in [4.69, 9.17) is 4.74 Å². The first-order valence-corrected chi connectivity index (χ1v) is 13.0. The molecular weight excluding hydrogens is 462 g/mol. The summed E-state index contributed by atoms with van der Waals surface area (Å²) in [5, 5.41) is 2.87. The number of carbonyl (C=O) groups is 4. The highest BCUT2D eigenvalue weighted by Crippen LogP contribution is 2.24. The predicted octanol–water partition coefficient (Wildman–Crippen LogP) is 3.12. The quantitative estimate of drug-likeness (QED) is 0.522. The summed E-state index contributed by atoms with van der Waals surface area (Å²) in [5.41, 5.74) is 0.965. The van der Waals surface area contributed by atoms with E-state index in [2.05, 4.69) is 10.1 Å². The monoisotopic (exact) mass is 501 g/mol. The molecule has 2 unspecified atom stereocenters. The van der Waals surface area contributed by atoms with Crippen LogP contribution in [0.15, 0.2) is 30.3 Å². The fraction of sp³-hybridized carbons (Fsp3) is 0.630. The van der Waals surface area contributed by atoms with Gasteiger partial charge in [-0.1, -0.05) is 30.3 Å². The van der Waals surface area contributed by atoms with Crippen molar-refractivity contribution in [3.8, 4) is 0 Å². The second-order valence-electron chi connectivity index (χ2n) is 9.88. The molecule has 0 aromatic heterocycles. The second kappa shape index (κ2) is 13.8. The Kier molecular flexibility index (Phi) is 10.6. The van der Waals surface area contributed by atoms with Crippen LogP contribution in [0.4, 0.5) is 4.79 Å². The minimum atomic E-state index is -0.363. The summed E-state index contributed by atoms with van der Waals surface area (Å²) in [6, 6.07) is 9.32. The van der Waals surface area contributed by atoms with Crippen LogP contribution in [0.25, 0.3) is 0 Å². The van der Waals surface area contributed by atoms with E-state index in [0.29, 0.717) is 38.5 Å². The summed E-state index contributed by atoms with van der Waals surface area (Å²) in [6.45, 7) is 4.42. The number of nitrogens with one attached hydrogen (secondary N) is 1. The Morgan fingerprint density at radius 1 is 1.03 bits per heavy atom. The number of rotatable bonds is 9. The summed E-state index contributed by atoms with van der Waals surface area (Å²) in [4.78, 5) is 52.8. The Hall–Kier alpha value is -3.10. The maximum absolute atomic E-state index is 12.9. The number of benzene rings is 1. The molecule has 3 rings (SSSR count). The van der Waals surface area contributed by atoms with Crippen molar-refractivity contribution < 1.29 is 28.7 Å². The van der Waals surface area contributed by atoms with Gasteiger partial charge in [0.05, 0.1) is 19.4 Å². The van der Waals surface area contributed by atoms with Crippen LogP contribution in [0.1, 0.15) is 57.4 Å². The summed E-state index contributed by atoms with van der Waals surface area (Å²) in [5.74, 6) is -0.253. The zero-order valence-corrected chi connectivity index (χ0v) is 21.4. The number of carbonyl (C=O) groups excluding carboxylic acids is 4. The average Bonchev–Trinajstić information content (AvgIpc) is 2.91. The van der Waals surface area contributed by atoms with E-state index in [1.807, 2.05) is 30.3 Å². The normalized spacial score (nSPS) is 19.3. The molecule has 198 valence electrons. The second-order valence-corrected chi connectivity index (χ2v) is 9.88. The molecule has 9 heteroatoms. The molecule has 2 fully saturated rings. The first-order valence-electron chi connectivity index (χ1n) is 13.0. The van der Waals surface area contributed by atoms with Gasteiger partial charge in [0.1, 0.15) is 6.61 Å². The number of hydrogen-bond donors (Lipinski definition) is 1. The van der Waals surface area contributed by atoms with Crippen LogP contribution >= 0.6 is 0 Å². The number of hydrogen-bond acceptors (Lipinski definition) is 6. The summed E-state index contributed by atoms with van der Waals surface area (Å²) in [6.07, 6.45) is 4.32. The third-order valence-electron chi connectivity index (χ3n) is 7.08. The van der Waals surface area contributed by atoms with Crippen molar-refractivity contribution >= 4 is 23.9 Å². The predicted molar refractivity (Wildman–Crippen MR) is 134 cm³/mol. The van der Waals surface area contributed by atoms with Crippen molar-refractivity contribution in [1.82, 2.24) is 15.1 Å². The van der Waals surface area contributed by atoms with Crippen LogP contribution in [0.5, 0.6) is 0 Å². The number of piperidine rings is 2. The molecule has 2 aliphatic heterocycles. The summed E-state index contributed by atoms with van der Waals surface area (Å²) in [7, 11) is 1.33. The lowest BCUT2D eigenvalue weighted by molar-refractivity contribution is -0.141. The molecule has 1 aromatic rings. The molecule has 3 amide bonds. The van der Waals surface area contributed by atoms with Crippen LogP contribution in [-0.4, -0.2) is 73.0 Å². The van der Waals surface area contributed by atoms with Gasteiger partial charge in [-0.25, -0.2) is 4.79 Å². The largest absolute Gasteiger partial charge is 0.469 e. The highest BCUT2D eigenvalue weighted by atomic mass is 16.6. The average molecular weight is 502 g/mol. The van der Waals surface area contributed by atoms with Crippen LogP contribution in [0, 0.1) is 11.8 Å². The molecule has 2 heterocycles. The number of methoxy groups -OCH3 is 1. The third-order valence-corrected chi connectivity index (χ3v) is 7.08. The van der Waals surface area contributed by atoms with Gasteiger partial charge in [-0.05, 0) is 50.5 Å². The maximum Gasteiger partial charge on any atom is 0.410 e. The molecule has 0 radical (unpaired) electrons. The standard InChI is InChI=1S/C27H39N3O6/c1-20(17-25(32)35-2)28-26(33)23-9-6-14-30(18-23)24(31)11-10-21-12-15-29(16-13-21)27(34)36-19-22-7-4-3-5-8-22/h3-5,7-8,20-21,23H,6,9-19H2,1-2H3,(H,28,33). The van der Waals surface area contributed by atoms with Crippen molar-refractivity contribution in [1.29, 1.82) is 0 Å². The number of likely N-dealkylation sites (tertiary alicyclic amines) is 2. The third kappa shape index (κ3) is 8.53. The van der Waals surface area contributed by atoms with Crippen molar-refractivity contribution in [3.63, 3.8) is 0 Å². The van der Waals surface area contributed by atoms with Crippen LogP contribution in [0.2, 0.25) is 0 Å². The molecule has 2 saturated heterocycles. The minimum absolute atomic E-state index is 0.0832. The molecule has 0 spiro atoms. The first-order chi connectivity index (χ1) is 17.4. The molecule has 1 N–H and O–H groups in total. The van der Waals surface area contributed by atoms with Crippen LogP contribution in [-0.2, 0) is 30.5 Å². The summed E-state index contributed by atoms with van der Waals surface area (Å²) >= 11 is 0. The van der Waals surface area contributed by atoms with Gasteiger partial charge in [0.15, 0.2) is 0 Å². The van der Waals surface area contributed by atoms with E-state index < -0.39 is 0 Å². The number of nitrogens with zero attached hydrogens (tertiary/aromatic N) is 2. The lowest BCUT2D eigenvalue weighted by Crippen LogP contribution is -2.47. The van der Waals surface area contributed by atoms with E-state index in [0.717, 1.165) is 37.7 Å². The zero-order chi connectivity index (χ0) is 25.9. The Bertz CT molecular complexity index is 885. The Morgan fingerprint density at radius 3 is 2.44 bits per heavy atom. The molecule has 0 saturated carbocycles. The fourth-order valence-electron chi connectivity index (χ4n) is 4.86. The topological polar surface area (TPSA) is 105 Å². The van der Waals surface area contributed by atoms with Gasteiger partial charge in [-0.15, -0.1) is 0 Å². The van der Waals surface area contributed by atoms with Gasteiger partial charge in [-0.2, -0.15) is 0 Å². The van der Waals surface area contributed by atoms with E-state index >= 15 is 0 Å². The van der Waals surface area contributed by atoms with Gasteiger partial charge < -0.3 is 24.6 Å². The van der Waals surface area contributed by atoms with E-state index in [-0.39, 0.29) is 48.9 Å². The number of esters is 1. The molecular formula is C27H39N3O6. The lowest BCUT2D eigenvalue weighted by atomic mass is 9.91. The molecule has 9 nitrogen and oxygen atoms in total. The summed E-state index contributed by atoms with van der Waals surface area (Å²) < 4.78 is 10.1. The highest BCUT2D eigenvalue weighted by molar-refractivity contribution is 5.82. The van der Waals surface area contributed by atoms with Crippen LogP contribution < -0.4 is 5.32 Å². The van der Waals surface area contributed by atoms with Gasteiger partial charge >= 0.3 is 12.1 Å². The van der Waals surface area contributed by atoms with Crippen molar-refractivity contribution in [3.05, 3.63) is 35.9 Å². The van der Waals surface area contributed by atoms with E-state index in [1.165, 1.54) is 7.11 Å². The van der Waals surface area contributed by atoms with Gasteiger partial charge in [-0.3, -0.25) is 14.4 Å².